The molecule has 0 aliphatic heterocycles. The van der Waals surface area contributed by atoms with Crippen LogP contribution in [0.25, 0.3) is 0 Å². The van der Waals surface area contributed by atoms with E-state index < -0.39 is 5.60 Å². The minimum atomic E-state index is -0.630. The Kier molecular flexibility index (Phi) is 3.76. The van der Waals surface area contributed by atoms with E-state index in [-0.39, 0.29) is 32.1 Å². The molecule has 2 unspecified atom stereocenters. The molecule has 0 aromatic rings. The number of hydrogen-bond acceptors (Lipinski definition) is 1. The van der Waals surface area contributed by atoms with Crippen molar-refractivity contribution < 1.29 is 5.11 Å². The first kappa shape index (κ1) is 10.3. The smallest absolute Gasteiger partial charge is 0.0862 e. The Morgan fingerprint density at radius 2 is 2.00 bits per heavy atom. The molecule has 0 saturated carbocycles. The zero-order chi connectivity index (χ0) is 6.91. The van der Waals surface area contributed by atoms with E-state index in [2.05, 4.69) is 0 Å². The van der Waals surface area contributed by atoms with Crippen molar-refractivity contribution in [3.05, 3.63) is 24.3 Å². The van der Waals surface area contributed by atoms with Crippen LogP contribution in [0.2, 0.25) is 0 Å². The van der Waals surface area contributed by atoms with Crippen molar-refractivity contribution in [2.45, 2.75) is 19.4 Å². The van der Waals surface area contributed by atoms with E-state index in [0.29, 0.717) is 0 Å². The number of hydrogen-bond donors (Lipinski definition) is 1. The van der Waals surface area contributed by atoms with Gasteiger partial charge in [-0.2, -0.15) is 0 Å². The van der Waals surface area contributed by atoms with Gasteiger partial charge in [-0.3, -0.25) is 0 Å². The fourth-order valence-electron chi connectivity index (χ4n) is 0.828. The second-order valence-corrected chi connectivity index (χ2v) is 2.76. The third kappa shape index (κ3) is 2.18. The Morgan fingerprint density at radius 1 is 1.40 bits per heavy atom. The molecule has 3 radical (unpaired) electrons. The van der Waals surface area contributed by atoms with Crippen molar-refractivity contribution in [3.8, 4) is 0 Å². The van der Waals surface area contributed by atoms with Crippen LogP contribution in [-0.4, -0.2) is 36.9 Å². The van der Waals surface area contributed by atoms with Crippen LogP contribution in [0.1, 0.15) is 13.8 Å². The van der Waals surface area contributed by atoms with Crippen LogP contribution in [0.4, 0.5) is 0 Å². The molecule has 1 nitrogen and oxygen atoms in total. The maximum Gasteiger partial charge on any atom is 0.0862 e. The van der Waals surface area contributed by atoms with E-state index in [1.54, 1.807) is 0 Å². The first-order valence-corrected chi connectivity index (χ1v) is 3.21. The molecule has 2 heteroatoms. The van der Waals surface area contributed by atoms with Crippen LogP contribution in [0.3, 0.4) is 0 Å². The van der Waals surface area contributed by atoms with E-state index in [4.69, 9.17) is 0 Å². The molecule has 1 aliphatic carbocycles. The average molecular weight is 333 g/mol. The van der Waals surface area contributed by atoms with E-state index >= 15 is 0 Å². The minimum Gasteiger partial charge on any atom is -0.385 e. The Morgan fingerprint density at radius 3 is 2.30 bits per heavy atom. The van der Waals surface area contributed by atoms with Gasteiger partial charge in [0.15, 0.2) is 0 Å². The van der Waals surface area contributed by atoms with E-state index in [1.165, 1.54) is 0 Å². The summed E-state index contributed by atoms with van der Waals surface area (Å²) in [7, 11) is 0. The zero-order valence-electron chi connectivity index (χ0n) is 6.28. The van der Waals surface area contributed by atoms with Gasteiger partial charge in [0.2, 0.25) is 0 Å². The van der Waals surface area contributed by atoms with Crippen LogP contribution in [0.15, 0.2) is 24.3 Å². The fourth-order valence-corrected chi connectivity index (χ4v) is 0.828. The second-order valence-electron chi connectivity index (χ2n) is 2.76. The Balaban J connectivity index is 0.000000810. The van der Waals surface area contributed by atoms with Gasteiger partial charge in [0.25, 0.3) is 0 Å². The topological polar surface area (TPSA) is 20.2 Å². The van der Waals surface area contributed by atoms with Crippen molar-refractivity contribution in [2.24, 2.45) is 5.92 Å². The zero-order valence-corrected chi connectivity index (χ0v) is 9.76. The minimum absolute atomic E-state index is 0. The van der Waals surface area contributed by atoms with Gasteiger partial charge in [-0.1, -0.05) is 31.2 Å². The fraction of sp³-hybridized carbons (Fsp3) is 0.500. The molecule has 55 valence electrons. The van der Waals surface area contributed by atoms with E-state index in [9.17, 15) is 5.11 Å². The standard InChI is InChI=1S/C8H12O.Bi/c1-7-5-3-4-6-8(7,2)9;/h3-7,9H,1-2H3;. The summed E-state index contributed by atoms with van der Waals surface area (Å²) in [5.41, 5.74) is -0.630. The molecule has 2 atom stereocenters. The van der Waals surface area contributed by atoms with Crippen LogP contribution in [0.5, 0.6) is 0 Å². The number of allylic oxidation sites excluding steroid dienone is 2. The SMILES string of the molecule is CC1C=CC=CC1(C)O.[Bi]. The molecule has 0 saturated heterocycles. The predicted octanol–water partition coefficient (Wildman–Crippen LogP) is 1.12. The summed E-state index contributed by atoms with van der Waals surface area (Å²) in [5, 5.41) is 9.50. The van der Waals surface area contributed by atoms with Crippen molar-refractivity contribution in [3.63, 3.8) is 0 Å². The Hall–Kier alpha value is 0.323. The molecule has 10 heavy (non-hydrogen) atoms. The van der Waals surface area contributed by atoms with Gasteiger partial charge in [-0.25, -0.2) is 0 Å². The predicted molar refractivity (Wildman–Crippen MR) is 43.8 cm³/mol. The molecular weight excluding hydrogens is 321 g/mol. The van der Waals surface area contributed by atoms with Gasteiger partial charge in [0, 0.05) is 32.1 Å². The molecule has 0 heterocycles. The van der Waals surface area contributed by atoms with Crippen molar-refractivity contribution in [2.75, 3.05) is 0 Å². The van der Waals surface area contributed by atoms with Gasteiger partial charge >= 0.3 is 0 Å². The van der Waals surface area contributed by atoms with Crippen LogP contribution >= 0.6 is 0 Å². The summed E-state index contributed by atoms with van der Waals surface area (Å²) < 4.78 is 0. The largest absolute Gasteiger partial charge is 0.385 e. The van der Waals surface area contributed by atoms with Gasteiger partial charge in [0.1, 0.15) is 0 Å². The Labute approximate surface area is 81.0 Å². The molecule has 0 fully saturated rings. The maximum absolute atomic E-state index is 9.50. The Bertz CT molecular complexity index is 159. The molecule has 0 bridgehead atoms. The van der Waals surface area contributed by atoms with E-state index in [0.717, 1.165) is 0 Å². The van der Waals surface area contributed by atoms with E-state index in [1.807, 2.05) is 38.2 Å². The van der Waals surface area contributed by atoms with Gasteiger partial charge in [0.05, 0.1) is 5.60 Å². The van der Waals surface area contributed by atoms with Crippen molar-refractivity contribution >= 4 is 26.2 Å². The monoisotopic (exact) mass is 333 g/mol. The third-order valence-electron chi connectivity index (χ3n) is 1.87. The average Bonchev–Trinajstić information content (AvgIpc) is 1.77. The second kappa shape index (κ2) is 3.64. The summed E-state index contributed by atoms with van der Waals surface area (Å²) in [6.45, 7) is 3.82. The van der Waals surface area contributed by atoms with Crippen LogP contribution in [-0.2, 0) is 0 Å². The van der Waals surface area contributed by atoms with Gasteiger partial charge < -0.3 is 5.11 Å². The molecule has 1 rings (SSSR count). The number of aliphatic hydroxyl groups is 1. The summed E-state index contributed by atoms with van der Waals surface area (Å²) in [6.07, 6.45) is 7.65. The number of rotatable bonds is 0. The quantitative estimate of drug-likeness (QED) is 0.659. The van der Waals surface area contributed by atoms with Crippen molar-refractivity contribution in [1.29, 1.82) is 0 Å². The summed E-state index contributed by atoms with van der Waals surface area (Å²) in [5.74, 6) is 0.238. The van der Waals surface area contributed by atoms with Crippen LogP contribution < -0.4 is 0 Å². The van der Waals surface area contributed by atoms with Gasteiger partial charge in [-0.05, 0) is 6.92 Å². The normalized spacial score (nSPS) is 37.3. The summed E-state index contributed by atoms with van der Waals surface area (Å²) >= 11 is 0. The molecule has 0 spiro atoms. The van der Waals surface area contributed by atoms with Crippen LogP contribution in [0, 0.1) is 5.92 Å². The molecule has 0 aromatic heterocycles. The first-order chi connectivity index (χ1) is 4.13. The molecule has 0 aromatic carbocycles. The first-order valence-electron chi connectivity index (χ1n) is 3.21. The molecule has 1 N–H and O–H groups in total. The summed E-state index contributed by atoms with van der Waals surface area (Å²) in [6, 6.07) is 0. The van der Waals surface area contributed by atoms with Crippen molar-refractivity contribution in [1.82, 2.24) is 0 Å². The molecular formula is C8H12BiO. The molecule has 0 amide bonds. The maximum atomic E-state index is 9.50. The molecule has 1 aliphatic rings. The summed E-state index contributed by atoms with van der Waals surface area (Å²) in [4.78, 5) is 0. The van der Waals surface area contributed by atoms with Gasteiger partial charge in [-0.15, -0.1) is 0 Å². The third-order valence-corrected chi connectivity index (χ3v) is 1.87.